The van der Waals surface area contributed by atoms with Gasteiger partial charge in [-0.15, -0.1) is 0 Å². The highest BCUT2D eigenvalue weighted by Crippen LogP contribution is 2.26. The first-order chi connectivity index (χ1) is 16.9. The van der Waals surface area contributed by atoms with E-state index < -0.39 is 17.8 Å². The van der Waals surface area contributed by atoms with E-state index in [1.54, 1.807) is 68.6 Å². The number of para-hydroxylation sites is 1. The lowest BCUT2D eigenvalue weighted by Gasteiger charge is -2.31. The number of carbonyl (C=O) groups is 1. The molecule has 0 aliphatic carbocycles. The second-order valence-electron chi connectivity index (χ2n) is 8.10. The van der Waals surface area contributed by atoms with Crippen LogP contribution in [0.25, 0.3) is 16.6 Å². The number of aromatic nitrogens is 2. The Bertz CT molecular complexity index is 1410. The zero-order chi connectivity index (χ0) is 24.9. The molecule has 0 aliphatic rings. The minimum atomic E-state index is -0.660. The van der Waals surface area contributed by atoms with Crippen molar-refractivity contribution in [3.05, 3.63) is 105 Å². The van der Waals surface area contributed by atoms with Gasteiger partial charge in [-0.05, 0) is 61.9 Å². The Hall–Kier alpha value is -3.55. The summed E-state index contributed by atoms with van der Waals surface area (Å²) >= 11 is 6.08. The first-order valence-corrected chi connectivity index (χ1v) is 11.6. The third-order valence-corrected chi connectivity index (χ3v) is 6.09. The molecule has 0 spiro atoms. The number of carbonyl (C=O) groups excluding carboxylic acids is 1. The molecule has 0 aliphatic heterocycles. The molecule has 1 unspecified atom stereocenters. The number of methoxy groups -OCH3 is 1. The number of hydrogen-bond acceptors (Lipinski definition) is 4. The summed E-state index contributed by atoms with van der Waals surface area (Å²) in [6.07, 6.45) is 0.528. The maximum Gasteiger partial charge on any atom is 0.266 e. The fourth-order valence-electron chi connectivity index (χ4n) is 4.05. The number of fused-ring (bicyclic) bond motifs is 1. The number of nitrogens with zero attached hydrogens (tertiary/aromatic N) is 3. The van der Waals surface area contributed by atoms with E-state index in [-0.39, 0.29) is 17.7 Å². The molecule has 3 aromatic carbocycles. The lowest BCUT2D eigenvalue weighted by atomic mass is 10.1. The van der Waals surface area contributed by atoms with Crippen LogP contribution in [0, 0.1) is 5.82 Å². The second-order valence-corrected chi connectivity index (χ2v) is 8.54. The average Bonchev–Trinajstić information content (AvgIpc) is 2.87. The van der Waals surface area contributed by atoms with Crippen molar-refractivity contribution >= 4 is 28.4 Å². The van der Waals surface area contributed by atoms with Crippen molar-refractivity contribution in [1.82, 2.24) is 14.5 Å². The summed E-state index contributed by atoms with van der Waals surface area (Å²) in [6.45, 7) is 2.49. The minimum absolute atomic E-state index is 0.0436. The van der Waals surface area contributed by atoms with Crippen molar-refractivity contribution < 1.29 is 13.9 Å². The molecule has 6 nitrogen and oxygen atoms in total. The number of hydrogen-bond donors (Lipinski definition) is 0. The molecule has 0 saturated carbocycles. The van der Waals surface area contributed by atoms with Gasteiger partial charge in [0.05, 0.1) is 28.2 Å². The van der Waals surface area contributed by atoms with E-state index in [4.69, 9.17) is 21.3 Å². The van der Waals surface area contributed by atoms with E-state index in [1.807, 2.05) is 0 Å². The number of halogens is 2. The maximum atomic E-state index is 14.6. The first-order valence-electron chi connectivity index (χ1n) is 11.2. The third-order valence-electron chi connectivity index (χ3n) is 5.84. The highest BCUT2D eigenvalue weighted by atomic mass is 35.5. The molecule has 180 valence electrons. The predicted molar refractivity (Wildman–Crippen MR) is 135 cm³/mol. The van der Waals surface area contributed by atoms with E-state index in [2.05, 4.69) is 0 Å². The molecular weight excluding hydrogens is 469 g/mol. The van der Waals surface area contributed by atoms with Crippen LogP contribution in [0.4, 0.5) is 4.39 Å². The monoisotopic (exact) mass is 493 g/mol. The van der Waals surface area contributed by atoms with Gasteiger partial charge in [0.15, 0.2) is 0 Å². The molecule has 0 fully saturated rings. The molecule has 35 heavy (non-hydrogen) atoms. The van der Waals surface area contributed by atoms with Gasteiger partial charge in [0.1, 0.15) is 11.6 Å². The molecule has 1 aromatic heterocycles. The minimum Gasteiger partial charge on any atom is -0.385 e. The molecule has 1 atom stereocenters. The molecule has 4 rings (SSSR count). The zero-order valence-corrected chi connectivity index (χ0v) is 20.2. The fraction of sp³-hybridized carbons (Fsp3) is 0.222. The molecular formula is C27H25ClFN3O3. The van der Waals surface area contributed by atoms with Gasteiger partial charge in [0, 0.05) is 25.3 Å². The Morgan fingerprint density at radius 1 is 1.09 bits per heavy atom. The molecule has 0 N–H and O–H groups in total. The maximum absolute atomic E-state index is 14.6. The van der Waals surface area contributed by atoms with E-state index in [0.29, 0.717) is 40.5 Å². The van der Waals surface area contributed by atoms with Crippen LogP contribution in [-0.2, 0) is 4.74 Å². The quantitative estimate of drug-likeness (QED) is 0.307. The molecule has 8 heteroatoms. The van der Waals surface area contributed by atoms with Gasteiger partial charge in [0.2, 0.25) is 0 Å². The predicted octanol–water partition coefficient (Wildman–Crippen LogP) is 5.42. The topological polar surface area (TPSA) is 64.4 Å². The van der Waals surface area contributed by atoms with Crippen molar-refractivity contribution in [3.8, 4) is 5.69 Å². The van der Waals surface area contributed by atoms with Gasteiger partial charge >= 0.3 is 0 Å². The van der Waals surface area contributed by atoms with Crippen molar-refractivity contribution in [3.63, 3.8) is 0 Å². The summed E-state index contributed by atoms with van der Waals surface area (Å²) in [4.78, 5) is 33.5. The average molecular weight is 494 g/mol. The van der Waals surface area contributed by atoms with Gasteiger partial charge in [-0.3, -0.25) is 14.2 Å². The molecule has 0 radical (unpaired) electrons. The van der Waals surface area contributed by atoms with Crippen LogP contribution >= 0.6 is 11.6 Å². The van der Waals surface area contributed by atoms with Gasteiger partial charge in [0.25, 0.3) is 11.5 Å². The van der Waals surface area contributed by atoms with Crippen LogP contribution in [0.2, 0.25) is 5.02 Å². The van der Waals surface area contributed by atoms with Crippen molar-refractivity contribution in [1.29, 1.82) is 0 Å². The van der Waals surface area contributed by atoms with E-state index >= 15 is 0 Å². The van der Waals surface area contributed by atoms with E-state index in [0.717, 1.165) is 0 Å². The van der Waals surface area contributed by atoms with Crippen LogP contribution in [-0.4, -0.2) is 40.6 Å². The Morgan fingerprint density at radius 2 is 1.77 bits per heavy atom. The largest absolute Gasteiger partial charge is 0.385 e. The van der Waals surface area contributed by atoms with Crippen molar-refractivity contribution in [2.24, 2.45) is 0 Å². The summed E-state index contributed by atoms with van der Waals surface area (Å²) in [5.41, 5.74) is 0.766. The highest BCUT2D eigenvalue weighted by molar-refractivity contribution is 6.30. The van der Waals surface area contributed by atoms with E-state index in [1.165, 1.54) is 27.7 Å². The summed E-state index contributed by atoms with van der Waals surface area (Å²) in [5, 5.41) is 0.978. The normalized spacial score (nSPS) is 12.0. The Morgan fingerprint density at radius 3 is 2.49 bits per heavy atom. The van der Waals surface area contributed by atoms with Crippen LogP contribution < -0.4 is 5.56 Å². The zero-order valence-electron chi connectivity index (χ0n) is 19.4. The molecule has 0 bridgehead atoms. The Balaban J connectivity index is 1.89. The van der Waals surface area contributed by atoms with Gasteiger partial charge in [-0.2, -0.15) is 0 Å². The van der Waals surface area contributed by atoms with Gasteiger partial charge in [-0.25, -0.2) is 9.37 Å². The fourth-order valence-corrected chi connectivity index (χ4v) is 4.17. The summed E-state index contributed by atoms with van der Waals surface area (Å²) in [6, 6.07) is 19.1. The SMILES string of the molecule is COCCCN(C(=O)c1ccccc1F)C(C)c1nc2ccccc2c(=O)n1-c1ccc(Cl)cc1. The Kier molecular flexibility index (Phi) is 7.58. The third kappa shape index (κ3) is 5.11. The lowest BCUT2D eigenvalue weighted by Crippen LogP contribution is -2.38. The van der Waals surface area contributed by atoms with Crippen LogP contribution in [0.1, 0.15) is 35.6 Å². The summed E-state index contributed by atoms with van der Waals surface area (Å²) in [7, 11) is 1.58. The lowest BCUT2D eigenvalue weighted by molar-refractivity contribution is 0.0653. The Labute approximate surface area is 207 Å². The highest BCUT2D eigenvalue weighted by Gasteiger charge is 2.28. The van der Waals surface area contributed by atoms with Gasteiger partial charge in [-0.1, -0.05) is 35.9 Å². The molecule has 4 aromatic rings. The summed E-state index contributed by atoms with van der Waals surface area (Å²) < 4.78 is 21.2. The van der Waals surface area contributed by atoms with Crippen molar-refractivity contribution in [2.75, 3.05) is 20.3 Å². The molecule has 1 heterocycles. The number of amides is 1. The van der Waals surface area contributed by atoms with Crippen LogP contribution in [0.15, 0.2) is 77.6 Å². The van der Waals surface area contributed by atoms with Crippen LogP contribution in [0.3, 0.4) is 0 Å². The number of ether oxygens (including phenoxy) is 1. The second kappa shape index (κ2) is 10.8. The standard InChI is InChI=1S/C27H25ClFN3O3/c1-18(31(16-7-17-35-2)26(33)21-8-3-5-10-23(21)29)25-30-24-11-6-4-9-22(24)27(34)32(25)20-14-12-19(28)13-15-20/h3-6,8-15,18H,7,16-17H2,1-2H3. The number of benzene rings is 3. The smallest absolute Gasteiger partial charge is 0.266 e. The van der Waals surface area contributed by atoms with Crippen molar-refractivity contribution in [2.45, 2.75) is 19.4 Å². The molecule has 0 saturated heterocycles. The van der Waals surface area contributed by atoms with Gasteiger partial charge < -0.3 is 9.64 Å². The number of rotatable bonds is 8. The summed E-state index contributed by atoms with van der Waals surface area (Å²) in [5.74, 6) is -0.738. The first kappa shape index (κ1) is 24.6. The van der Waals surface area contributed by atoms with Crippen LogP contribution in [0.5, 0.6) is 0 Å². The van der Waals surface area contributed by atoms with E-state index in [9.17, 15) is 14.0 Å². The molecule has 1 amide bonds.